The van der Waals surface area contributed by atoms with Crippen molar-refractivity contribution in [3.8, 4) is 11.1 Å². The van der Waals surface area contributed by atoms with E-state index in [0.717, 1.165) is 34.0 Å². The Hall–Kier alpha value is -4.26. The summed E-state index contributed by atoms with van der Waals surface area (Å²) in [5, 5.41) is 6.46. The molecule has 1 fully saturated rings. The van der Waals surface area contributed by atoms with Crippen LogP contribution in [0.4, 0.5) is 26.3 Å². The maximum Gasteiger partial charge on any atom is 0.293 e. The number of amides is 1. The number of thiazole rings is 1. The quantitative estimate of drug-likeness (QED) is 0.190. The van der Waals surface area contributed by atoms with Gasteiger partial charge in [-0.15, -0.1) is 11.3 Å². The average molecular weight is 614 g/mol. The molecule has 0 saturated heterocycles. The molecule has 1 N–H and O–H groups in total. The van der Waals surface area contributed by atoms with E-state index in [4.69, 9.17) is 0 Å². The maximum absolute atomic E-state index is 15.1. The normalized spacial score (nSPS) is 19.0. The number of rotatable bonds is 8. The molecule has 1 saturated carbocycles. The predicted molar refractivity (Wildman–Crippen MR) is 146 cm³/mol. The fourth-order valence-corrected chi connectivity index (χ4v) is 6.76. The van der Waals surface area contributed by atoms with Crippen molar-refractivity contribution in [3.63, 3.8) is 0 Å². The summed E-state index contributed by atoms with van der Waals surface area (Å²) in [6.45, 7) is -0.759. The molecule has 3 heterocycles. The molecule has 2 aliphatic carbocycles. The number of aromatic nitrogens is 4. The van der Waals surface area contributed by atoms with E-state index in [1.807, 2.05) is 18.2 Å². The molecule has 1 amide bonds. The Kier molecular flexibility index (Phi) is 6.53. The van der Waals surface area contributed by atoms with Crippen molar-refractivity contribution in [2.75, 3.05) is 0 Å². The molecule has 3 aromatic heterocycles. The van der Waals surface area contributed by atoms with E-state index in [2.05, 4.69) is 20.4 Å². The smallest absolute Gasteiger partial charge is 0.293 e. The maximum atomic E-state index is 15.1. The van der Waals surface area contributed by atoms with Crippen LogP contribution in [0.1, 0.15) is 53.0 Å². The highest BCUT2D eigenvalue weighted by Gasteiger charge is 2.67. The second-order valence-corrected chi connectivity index (χ2v) is 11.6. The Morgan fingerprint density at radius 2 is 1.86 bits per heavy atom. The second-order valence-electron chi connectivity index (χ2n) is 10.8. The van der Waals surface area contributed by atoms with Gasteiger partial charge in [-0.25, -0.2) is 22.5 Å². The molecular weight excluding hydrogens is 592 g/mol. The summed E-state index contributed by atoms with van der Waals surface area (Å²) in [5.74, 6) is -7.61. The SMILES string of the molecule is O=C(Cn1nc(C(F)F)c2c1C(F)(F)C1CC21)NC(Cc1cc(F)cc(F)c1)c1ncccc1-c1ccc2scnc2c1. The number of fused-ring (bicyclic) bond motifs is 4. The van der Waals surface area contributed by atoms with Gasteiger partial charge in [0.1, 0.15) is 29.6 Å². The highest BCUT2D eigenvalue weighted by molar-refractivity contribution is 7.16. The van der Waals surface area contributed by atoms with Crippen LogP contribution in [-0.2, 0) is 23.7 Å². The minimum atomic E-state index is -3.39. The molecule has 2 aliphatic rings. The Bertz CT molecular complexity index is 1870. The fraction of sp³-hybridized carbons (Fsp3) is 0.267. The molecule has 13 heteroatoms. The van der Waals surface area contributed by atoms with Gasteiger partial charge in [0, 0.05) is 29.3 Å². The first-order valence-electron chi connectivity index (χ1n) is 13.4. The molecule has 2 aromatic carbocycles. The van der Waals surface area contributed by atoms with E-state index in [1.54, 1.807) is 17.6 Å². The lowest BCUT2D eigenvalue weighted by Crippen LogP contribution is -2.35. The van der Waals surface area contributed by atoms with Gasteiger partial charge in [-0.1, -0.05) is 12.1 Å². The standard InChI is InChI=1S/C30H21F6N5OS/c31-16-6-14(7-17(32)10-16)8-22(26-18(2-1-5-37-26)15-3-4-23-21(9-15)38-13-43-23)39-24(42)12-41-28-25(27(40-41)29(33)34)19-11-20(19)30(28,35)36/h1-7,9-10,13,19-20,22,29H,8,11-12H2,(H,39,42). The van der Waals surface area contributed by atoms with Crippen molar-refractivity contribution >= 4 is 27.5 Å². The van der Waals surface area contributed by atoms with E-state index in [-0.39, 0.29) is 24.0 Å². The van der Waals surface area contributed by atoms with Crippen LogP contribution >= 0.6 is 11.3 Å². The van der Waals surface area contributed by atoms with Gasteiger partial charge in [-0.2, -0.15) is 13.9 Å². The largest absolute Gasteiger partial charge is 0.346 e. The fourth-order valence-electron chi connectivity index (χ4n) is 6.10. The van der Waals surface area contributed by atoms with Gasteiger partial charge in [0.2, 0.25) is 5.91 Å². The van der Waals surface area contributed by atoms with Crippen LogP contribution in [0, 0.1) is 17.6 Å². The van der Waals surface area contributed by atoms with Crippen LogP contribution < -0.4 is 5.32 Å². The Morgan fingerprint density at radius 1 is 1.07 bits per heavy atom. The lowest BCUT2D eigenvalue weighted by molar-refractivity contribution is -0.123. The van der Waals surface area contributed by atoms with Crippen LogP contribution in [0.2, 0.25) is 0 Å². The summed E-state index contributed by atoms with van der Waals surface area (Å²) in [4.78, 5) is 22.2. The van der Waals surface area contributed by atoms with Crippen molar-refractivity contribution in [1.29, 1.82) is 0 Å². The van der Waals surface area contributed by atoms with Crippen LogP contribution in [0.5, 0.6) is 0 Å². The van der Waals surface area contributed by atoms with Gasteiger partial charge in [0.25, 0.3) is 12.3 Å². The topological polar surface area (TPSA) is 72.7 Å². The van der Waals surface area contributed by atoms with Crippen molar-refractivity contribution in [2.45, 2.75) is 43.7 Å². The van der Waals surface area contributed by atoms with Crippen LogP contribution in [-0.4, -0.2) is 25.7 Å². The van der Waals surface area contributed by atoms with E-state index in [0.29, 0.717) is 15.9 Å². The van der Waals surface area contributed by atoms with E-state index in [9.17, 15) is 22.4 Å². The highest BCUT2D eigenvalue weighted by Crippen LogP contribution is 2.68. The third kappa shape index (κ3) is 4.85. The van der Waals surface area contributed by atoms with Crippen LogP contribution in [0.15, 0.2) is 60.2 Å². The summed E-state index contributed by atoms with van der Waals surface area (Å²) < 4.78 is 87.4. The van der Waals surface area contributed by atoms with Crippen LogP contribution in [0.3, 0.4) is 0 Å². The zero-order valence-corrected chi connectivity index (χ0v) is 22.9. The van der Waals surface area contributed by atoms with Gasteiger partial charge in [-0.05, 0) is 60.2 Å². The zero-order valence-electron chi connectivity index (χ0n) is 22.1. The lowest BCUT2D eigenvalue weighted by atomic mass is 9.95. The molecule has 0 spiro atoms. The first-order valence-corrected chi connectivity index (χ1v) is 14.3. The molecule has 7 rings (SSSR count). The zero-order chi connectivity index (χ0) is 30.0. The molecule has 3 atom stereocenters. The number of nitrogens with zero attached hydrogens (tertiary/aromatic N) is 4. The Morgan fingerprint density at radius 3 is 2.63 bits per heavy atom. The van der Waals surface area contributed by atoms with Gasteiger partial charge < -0.3 is 5.32 Å². The minimum Gasteiger partial charge on any atom is -0.346 e. The van der Waals surface area contributed by atoms with E-state index in [1.165, 1.54) is 17.5 Å². The summed E-state index contributed by atoms with van der Waals surface area (Å²) in [6.07, 6.45) is -1.59. The molecule has 0 radical (unpaired) electrons. The molecular formula is C30H21F6N5OS. The van der Waals surface area contributed by atoms with Crippen molar-refractivity contribution in [1.82, 2.24) is 25.1 Å². The summed E-state index contributed by atoms with van der Waals surface area (Å²) >= 11 is 1.47. The van der Waals surface area contributed by atoms with Crippen molar-refractivity contribution in [2.24, 2.45) is 5.92 Å². The van der Waals surface area contributed by atoms with E-state index < -0.39 is 65.7 Å². The molecule has 220 valence electrons. The second kappa shape index (κ2) is 10.2. The molecule has 5 aromatic rings. The monoisotopic (exact) mass is 613 g/mol. The molecule has 6 nitrogen and oxygen atoms in total. The molecule has 0 aliphatic heterocycles. The van der Waals surface area contributed by atoms with Crippen molar-refractivity contribution < 1.29 is 31.1 Å². The minimum absolute atomic E-state index is 0.0963. The van der Waals surface area contributed by atoms with Gasteiger partial charge >= 0.3 is 0 Å². The predicted octanol–water partition coefficient (Wildman–Crippen LogP) is 7.08. The lowest BCUT2D eigenvalue weighted by Gasteiger charge is -2.22. The number of hydrogen-bond acceptors (Lipinski definition) is 5. The number of pyridine rings is 1. The summed E-state index contributed by atoms with van der Waals surface area (Å²) in [6, 6.07) is 11.0. The number of nitrogens with one attached hydrogen (secondary N) is 1. The Balaban J connectivity index is 1.25. The van der Waals surface area contributed by atoms with Crippen molar-refractivity contribution in [3.05, 3.63) is 100 Å². The number of benzene rings is 2. The number of carbonyl (C=O) groups excluding carboxylic acids is 1. The summed E-state index contributed by atoms with van der Waals surface area (Å²) in [5.41, 5.74) is 2.77. The molecule has 3 unspecified atom stereocenters. The summed E-state index contributed by atoms with van der Waals surface area (Å²) in [7, 11) is 0. The average Bonchev–Trinajstić information content (AvgIpc) is 3.36. The molecule has 0 bridgehead atoms. The number of hydrogen-bond donors (Lipinski definition) is 1. The number of alkyl halides is 4. The van der Waals surface area contributed by atoms with Gasteiger partial charge in [0.15, 0.2) is 0 Å². The van der Waals surface area contributed by atoms with Crippen LogP contribution in [0.25, 0.3) is 21.3 Å². The third-order valence-corrected chi connectivity index (χ3v) is 8.78. The van der Waals surface area contributed by atoms with Gasteiger partial charge in [0.05, 0.1) is 27.5 Å². The first-order chi connectivity index (χ1) is 20.6. The number of carbonyl (C=O) groups is 1. The number of halogens is 6. The first kappa shape index (κ1) is 27.6. The Labute approximate surface area is 244 Å². The van der Waals surface area contributed by atoms with Gasteiger partial charge in [-0.3, -0.25) is 14.5 Å². The molecule has 43 heavy (non-hydrogen) atoms. The highest BCUT2D eigenvalue weighted by atomic mass is 32.1. The third-order valence-electron chi connectivity index (χ3n) is 7.97. The van der Waals surface area contributed by atoms with E-state index >= 15 is 8.78 Å².